The summed E-state index contributed by atoms with van der Waals surface area (Å²) in [6, 6.07) is 19.4. The highest BCUT2D eigenvalue weighted by molar-refractivity contribution is 6.20. The Morgan fingerprint density at radius 1 is 1.00 bits per heavy atom. The number of anilines is 2. The molecule has 0 aliphatic carbocycles. The number of nitrogens with zero attached hydrogens (tertiary/aromatic N) is 3. The Labute approximate surface area is 288 Å². The summed E-state index contributed by atoms with van der Waals surface area (Å²) in [6.45, 7) is 4.12. The maximum Gasteiger partial charge on any atom is 0.411 e. The number of rotatable bonds is 12. The van der Waals surface area contributed by atoms with Crippen molar-refractivity contribution in [1.82, 2.24) is 10.7 Å². The predicted octanol–water partition coefficient (Wildman–Crippen LogP) is 3.37. The topological polar surface area (TPSA) is 203 Å². The van der Waals surface area contributed by atoms with Crippen molar-refractivity contribution in [1.29, 1.82) is 0 Å². The molecule has 3 aromatic carbocycles. The first kappa shape index (κ1) is 36.6. The quantitative estimate of drug-likeness (QED) is 0.126. The number of esters is 1. The van der Waals surface area contributed by atoms with E-state index in [1.807, 2.05) is 35.8 Å². The van der Waals surface area contributed by atoms with Crippen LogP contribution in [0.4, 0.5) is 21.0 Å². The molecule has 15 nitrogen and oxygen atoms in total. The van der Waals surface area contributed by atoms with Crippen LogP contribution in [0.25, 0.3) is 0 Å². The Kier molecular flexibility index (Phi) is 12.2. The highest BCUT2D eigenvalue weighted by atomic mass is 16.6. The zero-order valence-electron chi connectivity index (χ0n) is 28.0. The first-order chi connectivity index (χ1) is 23.8. The lowest BCUT2D eigenvalue weighted by atomic mass is 10.0. The number of amides is 5. The fourth-order valence-corrected chi connectivity index (χ4v) is 4.86. The third kappa shape index (κ3) is 10.6. The van der Waals surface area contributed by atoms with Gasteiger partial charge in [0.15, 0.2) is 6.04 Å². The fourth-order valence-electron chi connectivity index (χ4n) is 4.86. The van der Waals surface area contributed by atoms with E-state index in [0.29, 0.717) is 34.0 Å². The molecule has 5 N–H and O–H groups in total. The number of hydrogen-bond acceptors (Lipinski definition) is 10. The zero-order valence-corrected chi connectivity index (χ0v) is 28.0. The molecule has 262 valence electrons. The van der Waals surface area contributed by atoms with Crippen molar-refractivity contribution in [2.24, 2.45) is 15.8 Å². The van der Waals surface area contributed by atoms with E-state index in [2.05, 4.69) is 15.7 Å². The number of aliphatic imine (C=N–C) groups is 1. The van der Waals surface area contributed by atoms with Crippen LogP contribution in [0.1, 0.15) is 38.3 Å². The Bertz CT molecular complexity index is 1750. The summed E-state index contributed by atoms with van der Waals surface area (Å²) in [5.41, 5.74) is 8.84. The van der Waals surface area contributed by atoms with Crippen molar-refractivity contribution in [3.8, 4) is 5.75 Å². The first-order valence-corrected chi connectivity index (χ1v) is 15.5. The molecule has 3 aromatic rings. The van der Waals surface area contributed by atoms with Gasteiger partial charge in [0.1, 0.15) is 24.5 Å². The van der Waals surface area contributed by atoms with E-state index in [1.165, 1.54) is 12.0 Å². The first-order valence-electron chi connectivity index (χ1n) is 15.5. The van der Waals surface area contributed by atoms with E-state index < -0.39 is 60.7 Å². The van der Waals surface area contributed by atoms with Crippen molar-refractivity contribution in [3.63, 3.8) is 0 Å². The molecule has 1 aliphatic rings. The number of fused-ring (bicyclic) bond motifs is 1. The number of benzodiazepines with no additional fused rings is 1. The van der Waals surface area contributed by atoms with Gasteiger partial charge < -0.3 is 30.2 Å². The van der Waals surface area contributed by atoms with Gasteiger partial charge in [-0.3, -0.25) is 24.7 Å². The molecule has 0 radical (unpaired) electrons. The number of nitrogens with two attached hydrogens (primary N) is 1. The lowest BCUT2D eigenvalue weighted by molar-refractivity contribution is -0.155. The van der Waals surface area contributed by atoms with Crippen LogP contribution in [0.3, 0.4) is 0 Å². The Morgan fingerprint density at radius 3 is 2.34 bits per heavy atom. The standard InChI is InChI=1S/C35H39N7O8/c1-35(2,3)50-30(44)18-24(19-37-41-33(36)46)38-29(43)20-42-28-13-9-8-12-26(28)31(22-10-6-5-7-11-22)40-27(32(42)45)21-49-34(47)39-23-14-16-25(48-4)17-15-23/h5-17,19,24,27H,18,20-21H2,1-4H3,(H,38,43)(H,39,47)(H3,36,41,46)/b37-19-/t24-,27+/m0/s1. The number of para-hydroxylation sites is 1. The van der Waals surface area contributed by atoms with Gasteiger partial charge in [-0.1, -0.05) is 48.5 Å². The summed E-state index contributed by atoms with van der Waals surface area (Å²) in [5, 5.41) is 8.95. The van der Waals surface area contributed by atoms with Crippen molar-refractivity contribution in [2.45, 2.75) is 44.9 Å². The molecule has 5 amide bonds. The second-order valence-corrected chi connectivity index (χ2v) is 12.0. The Hall–Kier alpha value is -6.25. The molecule has 4 rings (SSSR count). The summed E-state index contributed by atoms with van der Waals surface area (Å²) < 4.78 is 16.0. The summed E-state index contributed by atoms with van der Waals surface area (Å²) in [4.78, 5) is 70.3. The van der Waals surface area contributed by atoms with Gasteiger partial charge in [-0.2, -0.15) is 5.10 Å². The average Bonchev–Trinajstić information content (AvgIpc) is 3.17. The van der Waals surface area contributed by atoms with Crippen LogP contribution in [-0.2, 0) is 23.9 Å². The summed E-state index contributed by atoms with van der Waals surface area (Å²) in [6.07, 6.45) is -0.0304. The van der Waals surface area contributed by atoms with Gasteiger partial charge in [0.05, 0.1) is 31.0 Å². The predicted molar refractivity (Wildman–Crippen MR) is 186 cm³/mol. The van der Waals surface area contributed by atoms with Crippen LogP contribution in [0.15, 0.2) is 89.0 Å². The highest BCUT2D eigenvalue weighted by Gasteiger charge is 2.34. The van der Waals surface area contributed by atoms with Gasteiger partial charge >= 0.3 is 18.1 Å². The largest absolute Gasteiger partial charge is 0.497 e. The minimum atomic E-state index is -1.24. The molecule has 0 bridgehead atoms. The number of urea groups is 1. The number of carbonyl (C=O) groups is 5. The van der Waals surface area contributed by atoms with E-state index in [9.17, 15) is 24.0 Å². The SMILES string of the molecule is COc1ccc(NC(=O)OC[C@H]2N=C(c3ccccc3)c3ccccc3N(CC(=O)N[C@H](/C=N\NC(N)=O)CC(=O)OC(C)(C)C)C2=O)cc1. The third-order valence-corrected chi connectivity index (χ3v) is 6.93. The molecular formula is C35H39N7O8. The van der Waals surface area contributed by atoms with Crippen LogP contribution >= 0.6 is 0 Å². The number of primary amides is 1. The molecule has 0 fully saturated rings. The van der Waals surface area contributed by atoms with Crippen LogP contribution in [0.2, 0.25) is 0 Å². The molecule has 50 heavy (non-hydrogen) atoms. The molecule has 0 spiro atoms. The molecule has 0 saturated carbocycles. The number of nitrogens with one attached hydrogen (secondary N) is 3. The van der Waals surface area contributed by atoms with Crippen LogP contribution in [0.5, 0.6) is 5.75 Å². The van der Waals surface area contributed by atoms with Crippen molar-refractivity contribution in [3.05, 3.63) is 90.0 Å². The number of hydrazone groups is 1. The minimum absolute atomic E-state index is 0.335. The van der Waals surface area contributed by atoms with Crippen molar-refractivity contribution in [2.75, 3.05) is 30.5 Å². The van der Waals surface area contributed by atoms with E-state index >= 15 is 0 Å². The summed E-state index contributed by atoms with van der Waals surface area (Å²) in [7, 11) is 1.52. The Morgan fingerprint density at radius 2 is 1.68 bits per heavy atom. The monoisotopic (exact) mass is 685 g/mol. The third-order valence-electron chi connectivity index (χ3n) is 6.93. The van der Waals surface area contributed by atoms with Crippen LogP contribution in [-0.4, -0.2) is 79.8 Å². The maximum absolute atomic E-state index is 14.2. The van der Waals surface area contributed by atoms with E-state index in [1.54, 1.807) is 69.3 Å². The van der Waals surface area contributed by atoms with Crippen LogP contribution in [0, 0.1) is 0 Å². The fraction of sp³-hybridized carbons (Fsp3) is 0.286. The van der Waals surface area contributed by atoms with Gasteiger partial charge in [0.25, 0.3) is 5.91 Å². The lowest BCUT2D eigenvalue weighted by Crippen LogP contribution is -2.48. The molecular weight excluding hydrogens is 646 g/mol. The minimum Gasteiger partial charge on any atom is -0.497 e. The molecule has 15 heteroatoms. The van der Waals surface area contributed by atoms with Gasteiger partial charge in [-0.05, 0) is 51.1 Å². The molecule has 0 saturated heterocycles. The zero-order chi connectivity index (χ0) is 36.3. The summed E-state index contributed by atoms with van der Waals surface area (Å²) in [5.74, 6) is -1.34. The second kappa shape index (κ2) is 16.7. The number of methoxy groups -OCH3 is 1. The van der Waals surface area contributed by atoms with Crippen molar-refractivity contribution < 1.29 is 38.2 Å². The van der Waals surface area contributed by atoms with Gasteiger partial charge in [0, 0.05) is 23.0 Å². The van der Waals surface area contributed by atoms with Gasteiger partial charge in [-0.25, -0.2) is 15.0 Å². The number of benzene rings is 3. The number of ether oxygens (including phenoxy) is 3. The van der Waals surface area contributed by atoms with E-state index in [0.717, 1.165) is 6.21 Å². The lowest BCUT2D eigenvalue weighted by Gasteiger charge is -2.26. The maximum atomic E-state index is 14.2. The van der Waals surface area contributed by atoms with Gasteiger partial charge in [0.2, 0.25) is 5.91 Å². The van der Waals surface area contributed by atoms with E-state index in [-0.39, 0.29) is 6.42 Å². The molecule has 1 aliphatic heterocycles. The molecule has 1 heterocycles. The summed E-state index contributed by atoms with van der Waals surface area (Å²) >= 11 is 0. The van der Waals surface area contributed by atoms with Gasteiger partial charge in [-0.15, -0.1) is 0 Å². The van der Waals surface area contributed by atoms with Crippen LogP contribution < -0.4 is 31.4 Å². The van der Waals surface area contributed by atoms with E-state index in [4.69, 9.17) is 24.9 Å². The second-order valence-electron chi connectivity index (χ2n) is 12.0. The number of carbonyl (C=O) groups excluding carboxylic acids is 5. The van der Waals surface area contributed by atoms with Crippen molar-refractivity contribution >= 4 is 53.2 Å². The molecule has 0 aromatic heterocycles. The number of hydrogen-bond donors (Lipinski definition) is 4. The smallest absolute Gasteiger partial charge is 0.411 e. The molecule has 0 unspecified atom stereocenters. The average molecular weight is 686 g/mol. The Balaban J connectivity index is 1.60. The normalized spacial score (nSPS) is 14.8. The molecule has 2 atom stereocenters. The highest BCUT2D eigenvalue weighted by Crippen LogP contribution is 2.29.